The average molecular weight is 389 g/mol. The lowest BCUT2D eigenvalue weighted by Crippen LogP contribution is -2.05. The highest BCUT2D eigenvalue weighted by molar-refractivity contribution is 9.10. The molecule has 24 heavy (non-hydrogen) atoms. The minimum Gasteiger partial charge on any atom is -0.496 e. The van der Waals surface area contributed by atoms with Crippen LogP contribution in [0.5, 0.6) is 5.75 Å². The molecule has 0 amide bonds. The van der Waals surface area contributed by atoms with Gasteiger partial charge in [-0.1, -0.05) is 39.3 Å². The molecule has 0 N–H and O–H groups in total. The number of carbonyl (C=O) groups is 1. The zero-order valence-corrected chi connectivity index (χ0v) is 14.3. The number of methoxy groups -OCH3 is 1. The Kier molecular flexibility index (Phi) is 4.90. The van der Waals surface area contributed by atoms with Crippen LogP contribution in [0.1, 0.15) is 16.2 Å². The Hall–Kier alpha value is -2.67. The van der Waals surface area contributed by atoms with E-state index < -0.39 is 5.97 Å². The van der Waals surface area contributed by atoms with Crippen molar-refractivity contribution in [2.45, 2.75) is 6.61 Å². The molecular formula is C17H13BrN2O4. The van der Waals surface area contributed by atoms with Gasteiger partial charge in [0, 0.05) is 4.47 Å². The molecule has 0 fully saturated rings. The summed E-state index contributed by atoms with van der Waals surface area (Å²) in [5.74, 6) is 0.754. The number of ether oxygens (including phenoxy) is 2. The van der Waals surface area contributed by atoms with Crippen LogP contribution in [0.15, 0.2) is 57.5 Å². The van der Waals surface area contributed by atoms with E-state index in [9.17, 15) is 4.79 Å². The molecule has 0 atom stereocenters. The fourth-order valence-electron chi connectivity index (χ4n) is 2.08. The molecule has 0 saturated heterocycles. The lowest BCUT2D eigenvalue weighted by molar-refractivity contribution is 0.0429. The van der Waals surface area contributed by atoms with Crippen molar-refractivity contribution < 1.29 is 18.8 Å². The van der Waals surface area contributed by atoms with Crippen LogP contribution in [0, 0.1) is 0 Å². The maximum Gasteiger partial charge on any atom is 0.338 e. The Labute approximate surface area is 146 Å². The molecule has 122 valence electrons. The van der Waals surface area contributed by atoms with Gasteiger partial charge in [-0.25, -0.2) is 4.79 Å². The summed E-state index contributed by atoms with van der Waals surface area (Å²) in [7, 11) is 1.57. The Morgan fingerprint density at radius 3 is 2.83 bits per heavy atom. The number of nitrogens with zero attached hydrogens (tertiary/aromatic N) is 2. The molecule has 0 aliphatic heterocycles. The summed E-state index contributed by atoms with van der Waals surface area (Å²) >= 11 is 3.31. The van der Waals surface area contributed by atoms with Crippen molar-refractivity contribution in [1.82, 2.24) is 10.1 Å². The summed E-state index contributed by atoms with van der Waals surface area (Å²) in [6.45, 7) is -0.104. The van der Waals surface area contributed by atoms with Crippen molar-refractivity contribution in [2.75, 3.05) is 7.11 Å². The largest absolute Gasteiger partial charge is 0.496 e. The maximum atomic E-state index is 12.0. The number of hydrogen-bond donors (Lipinski definition) is 0. The average Bonchev–Trinajstić information content (AvgIpc) is 3.08. The predicted molar refractivity (Wildman–Crippen MR) is 89.5 cm³/mol. The number of benzene rings is 2. The zero-order valence-electron chi connectivity index (χ0n) is 12.7. The van der Waals surface area contributed by atoms with Crippen LogP contribution < -0.4 is 4.74 Å². The van der Waals surface area contributed by atoms with Gasteiger partial charge in [0.25, 0.3) is 5.89 Å². The van der Waals surface area contributed by atoms with Crippen LogP contribution in [0.3, 0.4) is 0 Å². The van der Waals surface area contributed by atoms with Gasteiger partial charge < -0.3 is 14.0 Å². The Bertz CT molecular complexity index is 863. The fraction of sp³-hybridized carbons (Fsp3) is 0.118. The third-order valence-corrected chi connectivity index (χ3v) is 3.70. The summed E-state index contributed by atoms with van der Waals surface area (Å²) < 4.78 is 16.4. The second kappa shape index (κ2) is 7.27. The molecule has 0 bridgehead atoms. The summed E-state index contributed by atoms with van der Waals surface area (Å²) in [6, 6.07) is 14.3. The van der Waals surface area contributed by atoms with Crippen LogP contribution >= 0.6 is 15.9 Å². The van der Waals surface area contributed by atoms with Gasteiger partial charge >= 0.3 is 5.97 Å². The van der Waals surface area contributed by atoms with Gasteiger partial charge in [0.05, 0.1) is 18.2 Å². The summed E-state index contributed by atoms with van der Waals surface area (Å²) in [5, 5.41) is 3.89. The van der Waals surface area contributed by atoms with E-state index in [-0.39, 0.29) is 12.5 Å². The Morgan fingerprint density at radius 1 is 1.21 bits per heavy atom. The molecule has 2 aromatic carbocycles. The van der Waals surface area contributed by atoms with Crippen molar-refractivity contribution in [3.63, 3.8) is 0 Å². The van der Waals surface area contributed by atoms with Crippen LogP contribution in [-0.2, 0) is 11.3 Å². The number of para-hydroxylation sites is 1. The molecule has 0 unspecified atom stereocenters. The molecule has 0 saturated carbocycles. The monoisotopic (exact) mass is 388 g/mol. The highest BCUT2D eigenvalue weighted by Gasteiger charge is 2.15. The fourth-order valence-corrected chi connectivity index (χ4v) is 2.48. The van der Waals surface area contributed by atoms with E-state index >= 15 is 0 Å². The van der Waals surface area contributed by atoms with E-state index in [0.717, 1.165) is 4.47 Å². The first-order valence-corrected chi connectivity index (χ1v) is 7.85. The molecule has 1 aromatic heterocycles. The maximum absolute atomic E-state index is 12.0. The number of hydrogen-bond acceptors (Lipinski definition) is 6. The lowest BCUT2D eigenvalue weighted by atomic mass is 10.2. The van der Waals surface area contributed by atoms with E-state index in [1.165, 1.54) is 0 Å². The molecule has 1 heterocycles. The van der Waals surface area contributed by atoms with Crippen molar-refractivity contribution in [3.8, 4) is 17.1 Å². The minimum atomic E-state index is -0.464. The molecule has 0 aliphatic carbocycles. The van der Waals surface area contributed by atoms with Crippen molar-refractivity contribution in [1.29, 1.82) is 0 Å². The second-order valence-corrected chi connectivity index (χ2v) is 5.71. The molecule has 6 nitrogen and oxygen atoms in total. The smallest absolute Gasteiger partial charge is 0.338 e. The van der Waals surface area contributed by atoms with Crippen LogP contribution in [-0.4, -0.2) is 23.2 Å². The molecule has 0 spiro atoms. The summed E-state index contributed by atoms with van der Waals surface area (Å²) in [6.07, 6.45) is 0. The molecular weight excluding hydrogens is 376 g/mol. The Morgan fingerprint density at radius 2 is 2.04 bits per heavy atom. The third kappa shape index (κ3) is 3.62. The van der Waals surface area contributed by atoms with Crippen molar-refractivity contribution >= 4 is 21.9 Å². The molecule has 3 rings (SSSR count). The minimum absolute atomic E-state index is 0.104. The van der Waals surface area contributed by atoms with E-state index in [1.807, 2.05) is 24.3 Å². The number of aromatic nitrogens is 2. The molecule has 0 radical (unpaired) electrons. The van der Waals surface area contributed by atoms with E-state index in [2.05, 4.69) is 26.1 Å². The highest BCUT2D eigenvalue weighted by Crippen LogP contribution is 2.27. The summed E-state index contributed by atoms with van der Waals surface area (Å²) in [4.78, 5) is 16.2. The van der Waals surface area contributed by atoms with Crippen molar-refractivity contribution in [2.24, 2.45) is 0 Å². The molecule has 3 aromatic rings. The van der Waals surface area contributed by atoms with Crippen LogP contribution in [0.4, 0.5) is 0 Å². The highest BCUT2D eigenvalue weighted by atomic mass is 79.9. The third-order valence-electron chi connectivity index (χ3n) is 3.20. The second-order valence-electron chi connectivity index (χ2n) is 4.80. The topological polar surface area (TPSA) is 74.5 Å². The first-order valence-electron chi connectivity index (χ1n) is 7.06. The predicted octanol–water partition coefficient (Wildman–Crippen LogP) is 3.86. The molecule has 7 heteroatoms. The van der Waals surface area contributed by atoms with Crippen LogP contribution in [0.25, 0.3) is 11.4 Å². The lowest BCUT2D eigenvalue weighted by Gasteiger charge is -2.03. The van der Waals surface area contributed by atoms with Gasteiger partial charge in [0.2, 0.25) is 5.82 Å². The molecule has 0 aliphatic rings. The summed E-state index contributed by atoms with van der Waals surface area (Å²) in [5.41, 5.74) is 1.14. The van der Waals surface area contributed by atoms with E-state index in [0.29, 0.717) is 22.7 Å². The number of esters is 1. The van der Waals surface area contributed by atoms with Gasteiger partial charge in [0.1, 0.15) is 5.75 Å². The zero-order chi connectivity index (χ0) is 16.9. The van der Waals surface area contributed by atoms with E-state index in [4.69, 9.17) is 14.0 Å². The van der Waals surface area contributed by atoms with Gasteiger partial charge in [-0.2, -0.15) is 4.98 Å². The van der Waals surface area contributed by atoms with Crippen LogP contribution in [0.2, 0.25) is 0 Å². The van der Waals surface area contributed by atoms with E-state index in [1.54, 1.807) is 31.4 Å². The number of rotatable bonds is 5. The van der Waals surface area contributed by atoms with Gasteiger partial charge in [-0.15, -0.1) is 0 Å². The first kappa shape index (κ1) is 16.2. The number of halogens is 1. The Balaban J connectivity index is 1.69. The quantitative estimate of drug-likeness (QED) is 0.617. The van der Waals surface area contributed by atoms with Gasteiger partial charge in [-0.05, 0) is 30.3 Å². The standard InChI is InChI=1S/C17H13BrN2O4/c1-22-14-8-3-2-7-13(14)16-19-15(24-20-16)10-23-17(21)11-5-4-6-12(18)9-11/h2-9H,10H2,1H3. The van der Waals surface area contributed by atoms with Gasteiger partial charge in [0.15, 0.2) is 6.61 Å². The normalized spacial score (nSPS) is 10.4. The SMILES string of the molecule is COc1ccccc1-c1noc(COC(=O)c2cccc(Br)c2)n1. The first-order chi connectivity index (χ1) is 11.7. The van der Waals surface area contributed by atoms with Gasteiger partial charge in [-0.3, -0.25) is 0 Å². The number of carbonyl (C=O) groups excluding carboxylic acids is 1. The van der Waals surface area contributed by atoms with Crippen molar-refractivity contribution in [3.05, 3.63) is 64.5 Å².